The van der Waals surface area contributed by atoms with E-state index in [0.29, 0.717) is 0 Å². The average Bonchev–Trinajstić information content (AvgIpc) is 2.76. The Balaban J connectivity index is 1.95. The summed E-state index contributed by atoms with van der Waals surface area (Å²) in [6.07, 6.45) is 2.63. The van der Waals surface area contributed by atoms with Gasteiger partial charge in [0.2, 0.25) is 0 Å². The minimum Gasteiger partial charge on any atom is -0.331 e. The van der Waals surface area contributed by atoms with Crippen molar-refractivity contribution in [1.29, 1.82) is 0 Å². The minimum absolute atomic E-state index is 0.850. The summed E-state index contributed by atoms with van der Waals surface area (Å²) in [4.78, 5) is 8.70. The van der Waals surface area contributed by atoms with Crippen LogP contribution in [-0.4, -0.2) is 16.5 Å². The van der Waals surface area contributed by atoms with Crippen molar-refractivity contribution in [2.75, 3.05) is 11.9 Å². The van der Waals surface area contributed by atoms with E-state index >= 15 is 0 Å². The molecule has 2 aromatic rings. The van der Waals surface area contributed by atoms with Gasteiger partial charge in [-0.05, 0) is 23.9 Å². The number of rotatable bonds is 2. The van der Waals surface area contributed by atoms with Crippen molar-refractivity contribution >= 4 is 22.2 Å². The zero-order valence-electron chi connectivity index (χ0n) is 9.66. The molecule has 2 aromatic heterocycles. The average molecular weight is 246 g/mol. The van der Waals surface area contributed by atoms with E-state index in [0.717, 1.165) is 36.0 Å². The lowest BCUT2D eigenvalue weighted by molar-refractivity contribution is 0.628. The maximum absolute atomic E-state index is 4.35. The van der Waals surface area contributed by atoms with Crippen LogP contribution in [0.4, 0.5) is 10.8 Å². The molecule has 3 heterocycles. The van der Waals surface area contributed by atoms with E-state index in [-0.39, 0.29) is 0 Å². The molecule has 0 saturated heterocycles. The van der Waals surface area contributed by atoms with Gasteiger partial charge in [-0.2, -0.15) is 0 Å². The van der Waals surface area contributed by atoms with Gasteiger partial charge in [0.1, 0.15) is 12.1 Å². The van der Waals surface area contributed by atoms with Crippen LogP contribution in [0.3, 0.4) is 0 Å². The molecular weight excluding hydrogens is 232 g/mol. The summed E-state index contributed by atoms with van der Waals surface area (Å²) < 4.78 is 0. The molecular formula is C12H14N4S. The largest absolute Gasteiger partial charge is 0.331 e. The Hall–Kier alpha value is -1.46. The third-order valence-corrected chi connectivity index (χ3v) is 3.90. The van der Waals surface area contributed by atoms with Crippen molar-refractivity contribution in [2.24, 2.45) is 0 Å². The lowest BCUT2D eigenvalue weighted by Gasteiger charge is -2.18. The van der Waals surface area contributed by atoms with Gasteiger partial charge in [-0.15, -0.1) is 11.3 Å². The second kappa shape index (κ2) is 4.43. The minimum atomic E-state index is 0.850. The first-order valence-corrected chi connectivity index (χ1v) is 6.57. The van der Waals surface area contributed by atoms with Crippen molar-refractivity contribution in [3.63, 3.8) is 0 Å². The summed E-state index contributed by atoms with van der Waals surface area (Å²) >= 11 is 1.70. The number of nitrogens with one attached hydrogen (secondary N) is 2. The first-order valence-electron chi connectivity index (χ1n) is 5.69. The molecule has 0 unspecified atom stereocenters. The number of hydrogen-bond donors (Lipinski definition) is 2. The molecule has 0 spiro atoms. The Morgan fingerprint density at radius 1 is 1.41 bits per heavy atom. The molecule has 3 rings (SSSR count). The van der Waals surface area contributed by atoms with Gasteiger partial charge in [-0.1, -0.05) is 0 Å². The van der Waals surface area contributed by atoms with Crippen molar-refractivity contribution in [3.05, 3.63) is 34.6 Å². The fourth-order valence-electron chi connectivity index (χ4n) is 1.99. The Labute approximate surface area is 104 Å². The molecule has 17 heavy (non-hydrogen) atoms. The van der Waals surface area contributed by atoms with Crippen LogP contribution in [0.1, 0.15) is 16.8 Å². The van der Waals surface area contributed by atoms with E-state index in [9.17, 15) is 0 Å². The molecule has 1 aliphatic rings. The number of thiophene rings is 1. The highest BCUT2D eigenvalue weighted by Gasteiger charge is 2.15. The zero-order valence-corrected chi connectivity index (χ0v) is 10.5. The van der Waals surface area contributed by atoms with Gasteiger partial charge in [-0.3, -0.25) is 0 Å². The van der Waals surface area contributed by atoms with E-state index in [4.69, 9.17) is 0 Å². The van der Waals surface area contributed by atoms with Crippen molar-refractivity contribution in [2.45, 2.75) is 19.9 Å². The van der Waals surface area contributed by atoms with Crippen molar-refractivity contribution < 1.29 is 0 Å². The molecule has 88 valence electrons. The highest BCUT2D eigenvalue weighted by Crippen LogP contribution is 2.28. The monoisotopic (exact) mass is 246 g/mol. The van der Waals surface area contributed by atoms with Crippen molar-refractivity contribution in [3.8, 4) is 0 Å². The standard InChI is InChI=1S/C12H14N4S/c1-8-3-5-17-12(8)16-11-9-6-13-4-2-10(9)14-7-15-11/h3,5,7,13H,2,4,6H2,1H3,(H,14,15,16). The summed E-state index contributed by atoms with van der Waals surface area (Å²) in [6.45, 7) is 3.95. The number of aromatic nitrogens is 2. The number of anilines is 2. The Morgan fingerprint density at radius 3 is 3.18 bits per heavy atom. The van der Waals surface area contributed by atoms with Crippen LogP contribution in [0.2, 0.25) is 0 Å². The van der Waals surface area contributed by atoms with Crippen LogP contribution in [0, 0.1) is 6.92 Å². The molecule has 1 aliphatic heterocycles. The highest BCUT2D eigenvalue weighted by molar-refractivity contribution is 7.14. The third kappa shape index (κ3) is 2.03. The molecule has 0 atom stereocenters. The maximum atomic E-state index is 4.35. The Morgan fingerprint density at radius 2 is 2.35 bits per heavy atom. The van der Waals surface area contributed by atoms with Gasteiger partial charge in [0.15, 0.2) is 0 Å². The predicted molar refractivity (Wildman–Crippen MR) is 69.8 cm³/mol. The molecule has 0 fully saturated rings. The fourth-order valence-corrected chi connectivity index (χ4v) is 2.80. The van der Waals surface area contributed by atoms with Gasteiger partial charge in [0.25, 0.3) is 0 Å². The molecule has 0 radical (unpaired) electrons. The molecule has 2 N–H and O–H groups in total. The second-order valence-electron chi connectivity index (χ2n) is 4.13. The van der Waals surface area contributed by atoms with Gasteiger partial charge >= 0.3 is 0 Å². The summed E-state index contributed by atoms with van der Waals surface area (Å²) in [5.74, 6) is 0.938. The van der Waals surface area contributed by atoms with E-state index in [1.807, 2.05) is 0 Å². The maximum Gasteiger partial charge on any atom is 0.139 e. The Bertz CT molecular complexity index is 535. The quantitative estimate of drug-likeness (QED) is 0.853. The van der Waals surface area contributed by atoms with E-state index in [1.165, 1.54) is 11.1 Å². The van der Waals surface area contributed by atoms with Crippen LogP contribution in [0.5, 0.6) is 0 Å². The lowest BCUT2D eigenvalue weighted by Crippen LogP contribution is -2.25. The lowest BCUT2D eigenvalue weighted by atomic mass is 10.1. The van der Waals surface area contributed by atoms with E-state index < -0.39 is 0 Å². The van der Waals surface area contributed by atoms with Gasteiger partial charge in [-0.25, -0.2) is 9.97 Å². The molecule has 0 bridgehead atoms. The summed E-state index contributed by atoms with van der Waals surface area (Å²) in [5.41, 5.74) is 3.62. The van der Waals surface area contributed by atoms with Crippen LogP contribution in [-0.2, 0) is 13.0 Å². The van der Waals surface area contributed by atoms with Gasteiger partial charge in [0.05, 0.1) is 10.7 Å². The highest BCUT2D eigenvalue weighted by atomic mass is 32.1. The second-order valence-corrected chi connectivity index (χ2v) is 5.05. The first kappa shape index (κ1) is 10.7. The summed E-state index contributed by atoms with van der Waals surface area (Å²) in [5, 5.41) is 10.0. The number of hydrogen-bond acceptors (Lipinski definition) is 5. The summed E-state index contributed by atoms with van der Waals surface area (Å²) in [6, 6.07) is 2.11. The van der Waals surface area contributed by atoms with Crippen LogP contribution in [0.15, 0.2) is 17.8 Å². The van der Waals surface area contributed by atoms with E-state index in [2.05, 4.69) is 39.0 Å². The van der Waals surface area contributed by atoms with Gasteiger partial charge < -0.3 is 10.6 Å². The number of fused-ring (bicyclic) bond motifs is 1. The van der Waals surface area contributed by atoms with Crippen LogP contribution >= 0.6 is 11.3 Å². The normalized spacial score (nSPS) is 14.4. The molecule has 4 nitrogen and oxygen atoms in total. The van der Waals surface area contributed by atoms with Crippen molar-refractivity contribution in [1.82, 2.24) is 15.3 Å². The molecule has 0 aliphatic carbocycles. The first-order chi connectivity index (χ1) is 8.34. The van der Waals surface area contributed by atoms with E-state index in [1.54, 1.807) is 17.7 Å². The molecule has 0 saturated carbocycles. The topological polar surface area (TPSA) is 49.8 Å². The SMILES string of the molecule is Cc1ccsc1Nc1ncnc2c1CNCC2. The summed E-state index contributed by atoms with van der Waals surface area (Å²) in [7, 11) is 0. The van der Waals surface area contributed by atoms with Crippen LogP contribution < -0.4 is 10.6 Å². The molecule has 5 heteroatoms. The van der Waals surface area contributed by atoms with Gasteiger partial charge in [0, 0.05) is 25.1 Å². The number of nitrogens with zero attached hydrogens (tertiary/aromatic N) is 2. The number of aryl methyl sites for hydroxylation is 1. The fraction of sp³-hybridized carbons (Fsp3) is 0.333. The smallest absolute Gasteiger partial charge is 0.139 e. The predicted octanol–water partition coefficient (Wildman–Crippen LogP) is 2.24. The third-order valence-electron chi connectivity index (χ3n) is 2.97. The van der Waals surface area contributed by atoms with Crippen LogP contribution in [0.25, 0.3) is 0 Å². The molecule has 0 aromatic carbocycles. The molecule has 0 amide bonds. The zero-order chi connectivity index (χ0) is 11.7. The Kier molecular flexibility index (Phi) is 2.78.